The van der Waals surface area contributed by atoms with E-state index >= 15 is 0 Å². The van der Waals surface area contributed by atoms with Crippen molar-refractivity contribution in [3.05, 3.63) is 23.8 Å². The summed E-state index contributed by atoms with van der Waals surface area (Å²) in [5.74, 6) is 0.240. The number of methoxy groups -OCH3 is 2. The second-order valence-corrected chi connectivity index (χ2v) is 7.19. The van der Waals surface area contributed by atoms with E-state index in [1.54, 1.807) is 20.3 Å². The molecule has 1 atom stereocenters. The average Bonchev–Trinajstić information content (AvgIpc) is 3.08. The van der Waals surface area contributed by atoms with E-state index in [0.29, 0.717) is 23.1 Å². The van der Waals surface area contributed by atoms with Gasteiger partial charge in [0.05, 0.1) is 14.2 Å². The van der Waals surface area contributed by atoms with Gasteiger partial charge in [0.15, 0.2) is 11.5 Å². The molecule has 1 aromatic rings. The van der Waals surface area contributed by atoms with Crippen LogP contribution in [0.15, 0.2) is 18.2 Å². The fraction of sp³-hybridized carbons (Fsp3) is 0.650. The number of carbonyl (C=O) groups is 1. The van der Waals surface area contributed by atoms with Crippen molar-refractivity contribution in [2.75, 3.05) is 40.4 Å². The molecular formula is C20H30N2O4. The number of hydrogen-bond acceptors (Lipinski definition) is 5. The third-order valence-corrected chi connectivity index (χ3v) is 5.73. The highest BCUT2D eigenvalue weighted by molar-refractivity contribution is 5.77. The van der Waals surface area contributed by atoms with E-state index in [2.05, 4.69) is 9.80 Å². The van der Waals surface area contributed by atoms with Crippen LogP contribution >= 0.6 is 0 Å². The van der Waals surface area contributed by atoms with Gasteiger partial charge in [0, 0.05) is 31.2 Å². The Hall–Kier alpha value is -1.79. The fourth-order valence-corrected chi connectivity index (χ4v) is 4.46. The Bertz CT molecular complexity index is 616. The summed E-state index contributed by atoms with van der Waals surface area (Å²) in [7, 11) is 3.13. The highest BCUT2D eigenvalue weighted by Gasteiger charge is 2.33. The summed E-state index contributed by atoms with van der Waals surface area (Å²) in [5.41, 5.74) is 0.661. The molecule has 0 spiro atoms. The molecule has 144 valence electrons. The molecule has 1 aromatic carbocycles. The van der Waals surface area contributed by atoms with Gasteiger partial charge in [0.1, 0.15) is 6.04 Å². The van der Waals surface area contributed by atoms with Crippen LogP contribution in [0.3, 0.4) is 0 Å². The third-order valence-electron chi connectivity index (χ3n) is 5.73. The van der Waals surface area contributed by atoms with Crippen LogP contribution in [0.2, 0.25) is 0 Å². The quantitative estimate of drug-likeness (QED) is 0.840. The smallest absolute Gasteiger partial charge is 0.325 e. The number of benzene rings is 1. The topological polar surface area (TPSA) is 62.2 Å². The molecule has 1 aliphatic carbocycles. The number of para-hydroxylation sites is 1. The standard InChI is InChI=1S/C20H30N2O4/c1-25-17-10-5-9-16(19(17)26-2)18(20(23)24)22-12-6-11-21(13-14-22)15-7-3-4-8-15/h5,9-10,15,18H,3-4,6-8,11-14H2,1-2H3,(H,23,24)/t18-/m0/s1. The van der Waals surface area contributed by atoms with Crippen LogP contribution in [0, 0.1) is 0 Å². The summed E-state index contributed by atoms with van der Waals surface area (Å²) < 4.78 is 10.9. The van der Waals surface area contributed by atoms with Crippen LogP contribution in [-0.4, -0.2) is 67.3 Å². The van der Waals surface area contributed by atoms with E-state index < -0.39 is 12.0 Å². The molecule has 1 heterocycles. The van der Waals surface area contributed by atoms with Crippen molar-refractivity contribution in [3.63, 3.8) is 0 Å². The van der Waals surface area contributed by atoms with E-state index in [1.807, 2.05) is 12.1 Å². The molecule has 0 amide bonds. The first-order valence-electron chi connectivity index (χ1n) is 9.57. The zero-order chi connectivity index (χ0) is 18.5. The molecule has 1 aliphatic heterocycles. The van der Waals surface area contributed by atoms with Crippen molar-refractivity contribution >= 4 is 5.97 Å². The molecule has 3 rings (SSSR count). The molecule has 1 N–H and O–H groups in total. The largest absolute Gasteiger partial charge is 0.493 e. The van der Waals surface area contributed by atoms with Crippen molar-refractivity contribution in [2.24, 2.45) is 0 Å². The molecule has 2 aliphatic rings. The van der Waals surface area contributed by atoms with Gasteiger partial charge in [-0.15, -0.1) is 0 Å². The van der Waals surface area contributed by atoms with Crippen LogP contribution in [0.25, 0.3) is 0 Å². The lowest BCUT2D eigenvalue weighted by Crippen LogP contribution is -2.39. The highest BCUT2D eigenvalue weighted by atomic mass is 16.5. The van der Waals surface area contributed by atoms with E-state index in [-0.39, 0.29) is 0 Å². The van der Waals surface area contributed by atoms with Crippen LogP contribution in [0.5, 0.6) is 11.5 Å². The maximum absolute atomic E-state index is 12.2. The second kappa shape index (κ2) is 8.73. The average molecular weight is 362 g/mol. The maximum atomic E-state index is 12.2. The number of ether oxygens (including phenoxy) is 2. The normalized spacial score (nSPS) is 21.3. The lowest BCUT2D eigenvalue weighted by molar-refractivity contribution is -0.143. The molecule has 0 aromatic heterocycles. The molecule has 2 fully saturated rings. The Kier molecular flexibility index (Phi) is 6.38. The van der Waals surface area contributed by atoms with Gasteiger partial charge in [0.2, 0.25) is 0 Å². The Morgan fingerprint density at radius 1 is 1.08 bits per heavy atom. The molecule has 1 saturated heterocycles. The van der Waals surface area contributed by atoms with Crippen molar-refractivity contribution in [1.82, 2.24) is 9.80 Å². The van der Waals surface area contributed by atoms with Crippen LogP contribution < -0.4 is 9.47 Å². The van der Waals surface area contributed by atoms with E-state index in [1.165, 1.54) is 25.7 Å². The fourth-order valence-electron chi connectivity index (χ4n) is 4.46. The van der Waals surface area contributed by atoms with Gasteiger partial charge < -0.3 is 14.6 Å². The number of carboxylic acids is 1. The SMILES string of the molecule is COc1cccc([C@@H](C(=O)O)N2CCCN(C3CCCC3)CC2)c1OC. The van der Waals surface area contributed by atoms with Crippen LogP contribution in [0.1, 0.15) is 43.7 Å². The van der Waals surface area contributed by atoms with Crippen LogP contribution in [-0.2, 0) is 4.79 Å². The second-order valence-electron chi connectivity index (χ2n) is 7.19. The minimum atomic E-state index is -0.842. The molecule has 1 saturated carbocycles. The molecule has 6 nitrogen and oxygen atoms in total. The summed E-state index contributed by atoms with van der Waals surface area (Å²) in [4.78, 5) is 16.8. The van der Waals surface area contributed by atoms with Gasteiger partial charge in [-0.2, -0.15) is 0 Å². The predicted octanol–water partition coefficient (Wildman–Crippen LogP) is 2.78. The van der Waals surface area contributed by atoms with Crippen molar-refractivity contribution in [1.29, 1.82) is 0 Å². The summed E-state index contributed by atoms with van der Waals surface area (Å²) in [6, 6.07) is 5.42. The van der Waals surface area contributed by atoms with Crippen molar-refractivity contribution < 1.29 is 19.4 Å². The molecule has 26 heavy (non-hydrogen) atoms. The van der Waals surface area contributed by atoms with E-state index in [4.69, 9.17) is 9.47 Å². The number of nitrogens with zero attached hydrogens (tertiary/aromatic N) is 2. The first kappa shape index (κ1) is 19.0. The molecule has 0 bridgehead atoms. The zero-order valence-corrected chi connectivity index (χ0v) is 15.8. The number of rotatable bonds is 6. The van der Waals surface area contributed by atoms with Crippen molar-refractivity contribution in [2.45, 2.75) is 44.2 Å². The van der Waals surface area contributed by atoms with E-state index in [9.17, 15) is 9.90 Å². The van der Waals surface area contributed by atoms with E-state index in [0.717, 1.165) is 32.6 Å². The number of aliphatic carboxylic acids is 1. The van der Waals surface area contributed by atoms with Gasteiger partial charge in [0.25, 0.3) is 0 Å². The minimum Gasteiger partial charge on any atom is -0.493 e. The Balaban J connectivity index is 1.81. The van der Waals surface area contributed by atoms with Crippen LogP contribution in [0.4, 0.5) is 0 Å². The van der Waals surface area contributed by atoms with Gasteiger partial charge >= 0.3 is 5.97 Å². The highest BCUT2D eigenvalue weighted by Crippen LogP contribution is 2.37. The van der Waals surface area contributed by atoms with Gasteiger partial charge in [-0.25, -0.2) is 0 Å². The molecule has 6 heteroatoms. The molecule has 0 unspecified atom stereocenters. The Morgan fingerprint density at radius 2 is 1.85 bits per heavy atom. The number of hydrogen-bond donors (Lipinski definition) is 1. The first-order valence-corrected chi connectivity index (χ1v) is 9.57. The summed E-state index contributed by atoms with van der Waals surface area (Å²) in [6.07, 6.45) is 6.21. The Labute approximate surface area is 155 Å². The Morgan fingerprint density at radius 3 is 2.50 bits per heavy atom. The molecule has 0 radical (unpaired) electrons. The minimum absolute atomic E-state index is 0.513. The lowest BCUT2D eigenvalue weighted by Gasteiger charge is -2.30. The monoisotopic (exact) mass is 362 g/mol. The maximum Gasteiger partial charge on any atom is 0.325 e. The predicted molar refractivity (Wildman–Crippen MR) is 99.9 cm³/mol. The molecular weight excluding hydrogens is 332 g/mol. The van der Waals surface area contributed by atoms with Gasteiger partial charge in [-0.05, 0) is 31.9 Å². The summed E-state index contributed by atoms with van der Waals surface area (Å²) in [5, 5.41) is 9.98. The summed E-state index contributed by atoms with van der Waals surface area (Å²) in [6.45, 7) is 3.53. The van der Waals surface area contributed by atoms with Gasteiger partial charge in [-0.3, -0.25) is 14.6 Å². The number of carboxylic acid groups (broad SMARTS) is 1. The van der Waals surface area contributed by atoms with Crippen molar-refractivity contribution in [3.8, 4) is 11.5 Å². The first-order chi connectivity index (χ1) is 12.7. The third kappa shape index (κ3) is 3.96. The van der Waals surface area contributed by atoms with Gasteiger partial charge in [-0.1, -0.05) is 25.0 Å². The summed E-state index contributed by atoms with van der Waals surface area (Å²) >= 11 is 0. The lowest BCUT2D eigenvalue weighted by atomic mass is 10.0. The zero-order valence-electron chi connectivity index (χ0n) is 15.8.